The minimum Gasteiger partial charge on any atom is -0.451 e. The van der Waals surface area contributed by atoms with Gasteiger partial charge in [-0.1, -0.05) is 6.07 Å². The molecule has 5 rings (SSSR count). The summed E-state index contributed by atoms with van der Waals surface area (Å²) in [5, 5.41) is 0. The topological polar surface area (TPSA) is 95.4 Å². The molecule has 1 saturated heterocycles. The lowest BCUT2D eigenvalue weighted by Crippen LogP contribution is -2.42. The summed E-state index contributed by atoms with van der Waals surface area (Å²) in [5.41, 5.74) is 7.20. The van der Waals surface area contributed by atoms with Crippen LogP contribution in [0.5, 0.6) is 11.5 Å². The molecule has 1 atom stereocenters. The molecule has 0 unspecified atom stereocenters. The quantitative estimate of drug-likeness (QED) is 0.375. The summed E-state index contributed by atoms with van der Waals surface area (Å²) in [5.74, 6) is -2.21. The van der Waals surface area contributed by atoms with Crippen LogP contribution in [0.3, 0.4) is 0 Å². The lowest BCUT2D eigenvalue weighted by Gasteiger charge is -2.32. The van der Waals surface area contributed by atoms with Crippen LogP contribution >= 0.6 is 0 Å². The first-order valence-electron chi connectivity index (χ1n) is 12.0. The van der Waals surface area contributed by atoms with Gasteiger partial charge in [-0.3, -0.25) is 13.9 Å². The number of imidazole rings is 1. The second kappa shape index (κ2) is 10.4. The van der Waals surface area contributed by atoms with Gasteiger partial charge in [-0.15, -0.1) is 0 Å². The van der Waals surface area contributed by atoms with Crippen LogP contribution in [-0.4, -0.2) is 44.7 Å². The molecule has 1 aliphatic rings. The highest BCUT2D eigenvalue weighted by Gasteiger charge is 2.28. The number of benzene rings is 2. The van der Waals surface area contributed by atoms with E-state index >= 15 is 0 Å². The minimum absolute atomic E-state index is 0.140. The predicted octanol–water partition coefficient (Wildman–Crippen LogP) is 4.53. The fourth-order valence-electron chi connectivity index (χ4n) is 4.76. The standard InChI is InChI=1S/C27H24F3N5O3/c28-13-2-7-23(36)33-15-3-4-18(16-33)34-22-12-14-32-26(31)24(22)35(27(34)37)17-8-10-19(11-9-17)38-25-20(29)5-1-6-21(25)30/h1-2,5-12,14,18H,3-4,13,15-16H2,(H2,31,32)/b7-2+/t18-/m1/s1. The fraction of sp³-hybridized carbons (Fsp3) is 0.222. The van der Waals surface area contributed by atoms with Gasteiger partial charge in [-0.05, 0) is 61.4 Å². The number of rotatable bonds is 6. The van der Waals surface area contributed by atoms with E-state index < -0.39 is 24.1 Å². The van der Waals surface area contributed by atoms with Crippen LogP contribution in [0.1, 0.15) is 18.9 Å². The lowest BCUT2D eigenvalue weighted by molar-refractivity contribution is -0.127. The number of nitrogen functional groups attached to an aromatic ring is 1. The van der Waals surface area contributed by atoms with Gasteiger partial charge in [0, 0.05) is 25.4 Å². The number of likely N-dealkylation sites (tertiary alicyclic amines) is 1. The number of alkyl halides is 1. The van der Waals surface area contributed by atoms with Crippen molar-refractivity contribution >= 4 is 22.8 Å². The molecule has 11 heteroatoms. The monoisotopic (exact) mass is 523 g/mol. The molecule has 3 heterocycles. The van der Waals surface area contributed by atoms with E-state index in [-0.39, 0.29) is 35.8 Å². The number of allylic oxidation sites excluding steroid dienone is 1. The molecule has 0 saturated carbocycles. The maximum Gasteiger partial charge on any atom is 0.334 e. The Morgan fingerprint density at radius 1 is 1.13 bits per heavy atom. The summed E-state index contributed by atoms with van der Waals surface area (Å²) < 4.78 is 48.9. The van der Waals surface area contributed by atoms with Gasteiger partial charge in [-0.2, -0.15) is 0 Å². The molecule has 38 heavy (non-hydrogen) atoms. The average molecular weight is 524 g/mol. The second-order valence-electron chi connectivity index (χ2n) is 8.84. The molecule has 1 aliphatic heterocycles. The molecule has 2 aromatic carbocycles. The number of fused-ring (bicyclic) bond motifs is 1. The Kier molecular flexibility index (Phi) is 6.91. The molecule has 4 aromatic rings. The van der Waals surface area contributed by atoms with Gasteiger partial charge in [0.1, 0.15) is 23.8 Å². The number of hydrogen-bond donors (Lipinski definition) is 1. The number of carbonyl (C=O) groups is 1. The SMILES string of the molecule is Nc1nccc2c1n(-c1ccc(Oc3c(F)cccc3F)cc1)c(=O)n2[C@@H]1CCCN(C(=O)/C=C/CF)C1. The largest absolute Gasteiger partial charge is 0.451 e. The van der Waals surface area contributed by atoms with E-state index in [1.165, 1.54) is 35.0 Å². The number of piperidine rings is 1. The van der Waals surface area contributed by atoms with Crippen molar-refractivity contribution in [2.24, 2.45) is 0 Å². The van der Waals surface area contributed by atoms with Crippen LogP contribution in [0.4, 0.5) is 19.0 Å². The van der Waals surface area contributed by atoms with Gasteiger partial charge in [0.2, 0.25) is 5.91 Å². The van der Waals surface area contributed by atoms with Crippen molar-refractivity contribution in [3.63, 3.8) is 0 Å². The third-order valence-corrected chi connectivity index (χ3v) is 6.47. The molecule has 2 N–H and O–H groups in total. The number of nitrogens with zero attached hydrogens (tertiary/aromatic N) is 4. The van der Waals surface area contributed by atoms with Crippen LogP contribution < -0.4 is 16.2 Å². The Morgan fingerprint density at radius 3 is 2.58 bits per heavy atom. The number of pyridine rings is 1. The van der Waals surface area contributed by atoms with E-state index in [0.717, 1.165) is 18.2 Å². The van der Waals surface area contributed by atoms with E-state index in [2.05, 4.69) is 4.98 Å². The van der Waals surface area contributed by atoms with Gasteiger partial charge in [0.05, 0.1) is 17.2 Å². The first kappa shape index (κ1) is 25.1. The number of anilines is 1. The third-order valence-electron chi connectivity index (χ3n) is 6.47. The van der Waals surface area contributed by atoms with Gasteiger partial charge in [0.25, 0.3) is 0 Å². The van der Waals surface area contributed by atoms with E-state index in [1.807, 2.05) is 0 Å². The number of ether oxygens (including phenoxy) is 1. The number of aromatic nitrogens is 3. The zero-order valence-corrected chi connectivity index (χ0v) is 20.2. The van der Waals surface area contributed by atoms with Crippen molar-refractivity contribution in [3.8, 4) is 17.2 Å². The lowest BCUT2D eigenvalue weighted by atomic mass is 10.1. The van der Waals surface area contributed by atoms with Crippen molar-refractivity contribution in [2.75, 3.05) is 25.5 Å². The smallest absolute Gasteiger partial charge is 0.334 e. The molecule has 8 nitrogen and oxygen atoms in total. The van der Waals surface area contributed by atoms with E-state index in [9.17, 15) is 22.8 Å². The summed E-state index contributed by atoms with van der Waals surface area (Å²) in [4.78, 5) is 32.0. The number of para-hydroxylation sites is 1. The maximum atomic E-state index is 14.0. The first-order chi connectivity index (χ1) is 18.4. The molecule has 1 amide bonds. The summed E-state index contributed by atoms with van der Waals surface area (Å²) >= 11 is 0. The maximum absolute atomic E-state index is 14.0. The predicted molar refractivity (Wildman–Crippen MR) is 136 cm³/mol. The van der Waals surface area contributed by atoms with Crippen molar-refractivity contribution in [2.45, 2.75) is 18.9 Å². The average Bonchev–Trinajstić information content (AvgIpc) is 3.22. The van der Waals surface area contributed by atoms with Gasteiger partial charge < -0.3 is 15.4 Å². The van der Waals surface area contributed by atoms with Crippen LogP contribution in [0, 0.1) is 11.6 Å². The fourth-order valence-corrected chi connectivity index (χ4v) is 4.76. The molecule has 0 spiro atoms. The summed E-state index contributed by atoms with van der Waals surface area (Å²) in [6, 6.07) is 10.9. The van der Waals surface area contributed by atoms with Gasteiger partial charge in [-0.25, -0.2) is 22.9 Å². The van der Waals surface area contributed by atoms with E-state index in [4.69, 9.17) is 10.5 Å². The number of nitrogens with two attached hydrogens (primary N) is 1. The summed E-state index contributed by atoms with van der Waals surface area (Å²) in [6.45, 7) is 0.0477. The number of amides is 1. The van der Waals surface area contributed by atoms with Crippen molar-refractivity contribution in [1.82, 2.24) is 19.0 Å². The summed E-state index contributed by atoms with van der Waals surface area (Å²) in [7, 11) is 0. The molecular formula is C27H24F3N5O3. The normalized spacial score (nSPS) is 15.9. The van der Waals surface area contributed by atoms with Crippen LogP contribution in [0.15, 0.2) is 71.7 Å². The molecule has 0 bridgehead atoms. The Morgan fingerprint density at radius 2 is 1.87 bits per heavy atom. The van der Waals surface area contributed by atoms with Crippen LogP contribution in [-0.2, 0) is 4.79 Å². The molecular weight excluding hydrogens is 499 g/mol. The van der Waals surface area contributed by atoms with Crippen LogP contribution in [0.25, 0.3) is 16.7 Å². The van der Waals surface area contributed by atoms with E-state index in [0.29, 0.717) is 36.1 Å². The Bertz CT molecular complexity index is 1560. The Balaban J connectivity index is 1.52. The van der Waals surface area contributed by atoms with Crippen molar-refractivity contribution in [3.05, 3.63) is 89.0 Å². The zero-order valence-electron chi connectivity index (χ0n) is 20.2. The Hall–Kier alpha value is -4.54. The third kappa shape index (κ3) is 4.62. The van der Waals surface area contributed by atoms with Gasteiger partial charge >= 0.3 is 5.69 Å². The van der Waals surface area contributed by atoms with Crippen molar-refractivity contribution in [1.29, 1.82) is 0 Å². The Labute approximate surface area is 215 Å². The van der Waals surface area contributed by atoms with Crippen LogP contribution in [0.2, 0.25) is 0 Å². The molecule has 1 fully saturated rings. The van der Waals surface area contributed by atoms with Crippen molar-refractivity contribution < 1.29 is 22.7 Å². The second-order valence-corrected chi connectivity index (χ2v) is 8.84. The summed E-state index contributed by atoms with van der Waals surface area (Å²) in [6.07, 6.45) is 5.18. The highest BCUT2D eigenvalue weighted by molar-refractivity contribution is 5.88. The highest BCUT2D eigenvalue weighted by atomic mass is 19.1. The molecule has 0 radical (unpaired) electrons. The first-order valence-corrected chi connectivity index (χ1v) is 12.0. The number of carbonyl (C=O) groups excluding carboxylic acids is 1. The molecule has 2 aromatic heterocycles. The number of hydrogen-bond acceptors (Lipinski definition) is 5. The zero-order chi connectivity index (χ0) is 26.8. The molecule has 0 aliphatic carbocycles. The minimum atomic E-state index is -0.840. The highest BCUT2D eigenvalue weighted by Crippen LogP contribution is 2.31. The number of halogens is 3. The van der Waals surface area contributed by atoms with E-state index in [1.54, 1.807) is 27.7 Å². The molecule has 196 valence electrons. The van der Waals surface area contributed by atoms with Gasteiger partial charge in [0.15, 0.2) is 17.4 Å².